The van der Waals surface area contributed by atoms with Crippen molar-refractivity contribution in [3.63, 3.8) is 0 Å². The molecule has 28 heavy (non-hydrogen) atoms. The molecule has 7 nitrogen and oxygen atoms in total. The van der Waals surface area contributed by atoms with E-state index in [-0.39, 0.29) is 11.8 Å². The lowest BCUT2D eigenvalue weighted by Gasteiger charge is -2.42. The molecule has 0 aromatic rings. The van der Waals surface area contributed by atoms with Gasteiger partial charge in [0.2, 0.25) is 5.91 Å². The maximum Gasteiger partial charge on any atom is 0.411 e. The van der Waals surface area contributed by atoms with Gasteiger partial charge in [-0.15, -0.1) is 0 Å². The zero-order chi connectivity index (χ0) is 21.7. The van der Waals surface area contributed by atoms with E-state index in [1.54, 1.807) is 27.7 Å². The van der Waals surface area contributed by atoms with Crippen molar-refractivity contribution in [2.75, 3.05) is 0 Å². The maximum atomic E-state index is 13.0. The molecular formula is C21H35N3O4. The van der Waals surface area contributed by atoms with Crippen LogP contribution in [-0.2, 0) is 9.53 Å². The molecule has 1 aliphatic heterocycles. The first-order chi connectivity index (χ1) is 12.9. The standard InChI is InChI=1S/C21H35N3O4/c1-8-10-15-12-16(13-22)24(19(26)28-20(4,5)6)17(15)18(23-14(3)25)21(7,27)11-9-2/h8,10,15-18,27H,9,11-12H2,1-7H3,(H,23,25)/b10-8-/t15-,16-,17-,18-,21+/m1/s1. The number of nitrogens with one attached hydrogen (secondary N) is 1. The number of hydrogen-bond donors (Lipinski definition) is 2. The molecule has 1 heterocycles. The number of allylic oxidation sites excluding steroid dienone is 1. The molecule has 2 amide bonds. The molecule has 1 rings (SSSR count). The van der Waals surface area contributed by atoms with E-state index in [0.29, 0.717) is 19.3 Å². The smallest absolute Gasteiger partial charge is 0.411 e. The van der Waals surface area contributed by atoms with Crippen LogP contribution < -0.4 is 5.32 Å². The first kappa shape index (κ1) is 24.0. The van der Waals surface area contributed by atoms with Crippen molar-refractivity contribution < 1.29 is 19.4 Å². The first-order valence-electron chi connectivity index (χ1n) is 9.91. The summed E-state index contributed by atoms with van der Waals surface area (Å²) in [6.45, 7) is 12.1. The van der Waals surface area contributed by atoms with Gasteiger partial charge in [0.15, 0.2) is 0 Å². The molecule has 0 spiro atoms. The van der Waals surface area contributed by atoms with Gasteiger partial charge in [0.05, 0.1) is 23.8 Å². The topological polar surface area (TPSA) is 103 Å². The van der Waals surface area contributed by atoms with E-state index >= 15 is 0 Å². The first-order valence-corrected chi connectivity index (χ1v) is 9.91. The third-order valence-electron chi connectivity index (χ3n) is 4.91. The Morgan fingerprint density at radius 1 is 1.39 bits per heavy atom. The second kappa shape index (κ2) is 9.42. The van der Waals surface area contributed by atoms with Gasteiger partial charge in [0.1, 0.15) is 11.6 Å². The summed E-state index contributed by atoms with van der Waals surface area (Å²) in [7, 11) is 0. The van der Waals surface area contributed by atoms with Crippen molar-refractivity contribution >= 4 is 12.0 Å². The number of aliphatic hydroxyl groups is 1. The fourth-order valence-electron chi connectivity index (χ4n) is 3.94. The van der Waals surface area contributed by atoms with Crippen molar-refractivity contribution in [3.05, 3.63) is 12.2 Å². The number of carbonyl (C=O) groups excluding carboxylic acids is 2. The number of rotatable bonds is 6. The third-order valence-corrected chi connectivity index (χ3v) is 4.91. The Hall–Kier alpha value is -2.07. The van der Waals surface area contributed by atoms with Gasteiger partial charge < -0.3 is 15.2 Å². The molecule has 0 aromatic carbocycles. The van der Waals surface area contributed by atoms with Crippen LogP contribution in [0.3, 0.4) is 0 Å². The van der Waals surface area contributed by atoms with Crippen LogP contribution in [0, 0.1) is 17.2 Å². The minimum Gasteiger partial charge on any atom is -0.444 e. The van der Waals surface area contributed by atoms with Crippen LogP contribution in [-0.4, -0.2) is 51.3 Å². The summed E-state index contributed by atoms with van der Waals surface area (Å²) in [5, 5.41) is 23.7. The van der Waals surface area contributed by atoms with Crippen LogP contribution in [0.5, 0.6) is 0 Å². The molecule has 0 saturated carbocycles. The van der Waals surface area contributed by atoms with Gasteiger partial charge in [0.25, 0.3) is 0 Å². The van der Waals surface area contributed by atoms with Crippen molar-refractivity contribution in [2.45, 2.75) is 97.1 Å². The Kier molecular flexibility index (Phi) is 8.06. The quantitative estimate of drug-likeness (QED) is 0.675. The van der Waals surface area contributed by atoms with Gasteiger partial charge in [-0.3, -0.25) is 9.69 Å². The average molecular weight is 394 g/mol. The molecule has 1 saturated heterocycles. The van der Waals surface area contributed by atoms with E-state index in [0.717, 1.165) is 0 Å². The van der Waals surface area contributed by atoms with Crippen LogP contribution in [0.4, 0.5) is 4.79 Å². The number of hydrogen-bond acceptors (Lipinski definition) is 5. The van der Waals surface area contributed by atoms with E-state index in [9.17, 15) is 20.0 Å². The van der Waals surface area contributed by atoms with Crippen LogP contribution in [0.1, 0.15) is 67.7 Å². The fraction of sp³-hybridized carbons (Fsp3) is 0.762. The van der Waals surface area contributed by atoms with E-state index in [4.69, 9.17) is 4.74 Å². The predicted molar refractivity (Wildman–Crippen MR) is 107 cm³/mol. The molecule has 7 heteroatoms. The van der Waals surface area contributed by atoms with E-state index in [2.05, 4.69) is 11.4 Å². The molecule has 5 atom stereocenters. The Bertz CT molecular complexity index is 631. The molecule has 0 unspecified atom stereocenters. The molecular weight excluding hydrogens is 358 g/mol. The minimum absolute atomic E-state index is 0.192. The molecule has 158 valence electrons. The highest BCUT2D eigenvalue weighted by atomic mass is 16.6. The zero-order valence-electron chi connectivity index (χ0n) is 18.2. The number of nitrogens with zero attached hydrogens (tertiary/aromatic N) is 2. The average Bonchev–Trinajstić information content (AvgIpc) is 2.89. The fourth-order valence-corrected chi connectivity index (χ4v) is 3.94. The van der Waals surface area contributed by atoms with Gasteiger partial charge in [-0.25, -0.2) is 4.79 Å². The van der Waals surface area contributed by atoms with E-state index < -0.39 is 35.4 Å². The summed E-state index contributed by atoms with van der Waals surface area (Å²) in [5.74, 6) is -0.493. The van der Waals surface area contributed by atoms with Gasteiger partial charge in [-0.1, -0.05) is 25.5 Å². The van der Waals surface area contributed by atoms with Crippen LogP contribution in [0.25, 0.3) is 0 Å². The third kappa shape index (κ3) is 5.96. The number of likely N-dealkylation sites (tertiary alicyclic amines) is 1. The van der Waals surface area contributed by atoms with E-state index in [1.165, 1.54) is 11.8 Å². The minimum atomic E-state index is -1.25. The summed E-state index contributed by atoms with van der Waals surface area (Å²) in [5.41, 5.74) is -1.98. The summed E-state index contributed by atoms with van der Waals surface area (Å²) in [4.78, 5) is 26.3. The van der Waals surface area contributed by atoms with Gasteiger partial charge in [0, 0.05) is 12.8 Å². The van der Waals surface area contributed by atoms with Crippen LogP contribution >= 0.6 is 0 Å². The van der Waals surface area contributed by atoms with Crippen LogP contribution in [0.2, 0.25) is 0 Å². The molecule has 0 aliphatic carbocycles. The number of carbonyl (C=O) groups is 2. The monoisotopic (exact) mass is 393 g/mol. The second-order valence-corrected chi connectivity index (χ2v) is 8.73. The summed E-state index contributed by atoms with van der Waals surface area (Å²) in [6, 6.07) is 0.153. The number of ether oxygens (including phenoxy) is 1. The molecule has 0 bridgehead atoms. The highest BCUT2D eigenvalue weighted by molar-refractivity contribution is 5.74. The number of nitriles is 1. The normalized spacial score (nSPS) is 25.8. The molecule has 0 radical (unpaired) electrons. The Morgan fingerprint density at radius 2 is 2.00 bits per heavy atom. The SMILES string of the molecule is C/C=C\[C@@H]1C[C@H](C#N)N(C(=O)OC(C)(C)C)[C@H]1[C@@H](NC(C)=O)[C@@](C)(O)CCC. The van der Waals surface area contributed by atoms with Gasteiger partial charge >= 0.3 is 6.09 Å². The molecule has 1 fully saturated rings. The summed E-state index contributed by atoms with van der Waals surface area (Å²) in [6.07, 6.45) is 4.75. The highest BCUT2D eigenvalue weighted by Gasteiger charge is 2.52. The molecule has 1 aliphatic rings. The highest BCUT2D eigenvalue weighted by Crippen LogP contribution is 2.38. The van der Waals surface area contributed by atoms with Crippen molar-refractivity contribution in [2.24, 2.45) is 5.92 Å². The Labute approximate surface area is 168 Å². The van der Waals surface area contributed by atoms with Gasteiger partial charge in [-0.2, -0.15) is 5.26 Å². The lowest BCUT2D eigenvalue weighted by molar-refractivity contribution is -0.123. The Balaban J connectivity index is 3.48. The van der Waals surface area contributed by atoms with Gasteiger partial charge in [-0.05, 0) is 47.5 Å². The van der Waals surface area contributed by atoms with E-state index in [1.807, 2.05) is 26.0 Å². The number of amides is 2. The molecule has 0 aromatic heterocycles. The Morgan fingerprint density at radius 3 is 2.43 bits per heavy atom. The summed E-state index contributed by atoms with van der Waals surface area (Å²) < 4.78 is 5.56. The molecule has 2 N–H and O–H groups in total. The van der Waals surface area contributed by atoms with Crippen LogP contribution in [0.15, 0.2) is 12.2 Å². The van der Waals surface area contributed by atoms with Crippen molar-refractivity contribution in [1.29, 1.82) is 5.26 Å². The predicted octanol–water partition coefficient (Wildman–Crippen LogP) is 3.14. The lowest BCUT2D eigenvalue weighted by atomic mass is 9.81. The largest absolute Gasteiger partial charge is 0.444 e. The second-order valence-electron chi connectivity index (χ2n) is 8.73. The summed E-state index contributed by atoms with van der Waals surface area (Å²) >= 11 is 0. The van der Waals surface area contributed by atoms with Crippen molar-refractivity contribution in [3.8, 4) is 6.07 Å². The maximum absolute atomic E-state index is 13.0. The van der Waals surface area contributed by atoms with Crippen molar-refractivity contribution in [1.82, 2.24) is 10.2 Å². The lowest BCUT2D eigenvalue weighted by Crippen LogP contribution is -2.63. The zero-order valence-corrected chi connectivity index (χ0v) is 18.2.